The van der Waals surface area contributed by atoms with Gasteiger partial charge in [0, 0.05) is 23.6 Å². The fourth-order valence-electron chi connectivity index (χ4n) is 2.77. The average Bonchev–Trinajstić information content (AvgIpc) is 3.39. The first-order chi connectivity index (χ1) is 16.0. The molecule has 3 heterocycles. The van der Waals surface area contributed by atoms with Crippen molar-refractivity contribution in [2.45, 2.75) is 20.0 Å². The van der Waals surface area contributed by atoms with Crippen molar-refractivity contribution in [1.82, 2.24) is 14.8 Å². The molecule has 1 aromatic carbocycles. The number of nitrogens with one attached hydrogen (secondary N) is 2. The minimum atomic E-state index is -0.553. The van der Waals surface area contributed by atoms with Gasteiger partial charge in [0.15, 0.2) is 11.3 Å². The van der Waals surface area contributed by atoms with Crippen LogP contribution in [0.25, 0.3) is 10.8 Å². The number of aromatic nitrogens is 3. The number of nitrogens with zero attached hydrogens (tertiary/aromatic N) is 3. The highest BCUT2D eigenvalue weighted by Gasteiger charge is 2.14. The maximum absolute atomic E-state index is 11.2. The van der Waals surface area contributed by atoms with Crippen LogP contribution in [0.4, 0.5) is 0 Å². The number of aliphatic hydroxyl groups is 1. The van der Waals surface area contributed by atoms with Gasteiger partial charge in [-0.3, -0.25) is 20.6 Å². The maximum Gasteiger partial charge on any atom is 0.250 e. The van der Waals surface area contributed by atoms with Gasteiger partial charge < -0.3 is 20.0 Å². The number of rotatable bonds is 6. The Hall–Kier alpha value is -4.31. The molecule has 10 nitrogen and oxygen atoms in total. The second-order valence-corrected chi connectivity index (χ2v) is 6.89. The summed E-state index contributed by atoms with van der Waals surface area (Å²) in [5.41, 5.74) is 6.65. The summed E-state index contributed by atoms with van der Waals surface area (Å²) >= 11 is 0. The number of hydrogen-bond acceptors (Lipinski definition) is 8. The van der Waals surface area contributed by atoms with Crippen molar-refractivity contribution in [3.63, 3.8) is 0 Å². The zero-order chi connectivity index (χ0) is 23.8. The van der Waals surface area contributed by atoms with Crippen molar-refractivity contribution in [2.75, 3.05) is 6.61 Å². The highest BCUT2D eigenvalue weighted by Crippen LogP contribution is 2.21. The summed E-state index contributed by atoms with van der Waals surface area (Å²) in [7, 11) is 0. The quantitative estimate of drug-likeness (QED) is 0.261. The van der Waals surface area contributed by atoms with E-state index in [1.54, 1.807) is 36.4 Å². The second-order valence-electron chi connectivity index (χ2n) is 6.89. The molecule has 0 aliphatic heterocycles. The Balaban J connectivity index is 0.000000709. The first-order valence-corrected chi connectivity index (χ1v) is 10.1. The molecule has 0 aliphatic rings. The summed E-state index contributed by atoms with van der Waals surface area (Å²) in [5, 5.41) is 30.3. The van der Waals surface area contributed by atoms with Gasteiger partial charge in [0.25, 0.3) is 0 Å². The van der Waals surface area contributed by atoms with Gasteiger partial charge in [-0.2, -0.15) is 4.68 Å². The second kappa shape index (κ2) is 10.8. The average molecular weight is 448 g/mol. The van der Waals surface area contributed by atoms with E-state index in [0.29, 0.717) is 34.2 Å². The number of carbonyl (C=O) groups excluding carboxylic acids is 1. The Morgan fingerprint density at radius 1 is 1.18 bits per heavy atom. The maximum atomic E-state index is 11.2. The van der Waals surface area contributed by atoms with Crippen LogP contribution in [0.5, 0.6) is 5.88 Å². The molecule has 0 saturated heterocycles. The summed E-state index contributed by atoms with van der Waals surface area (Å²) in [6, 6.07) is 12.0. The van der Waals surface area contributed by atoms with E-state index < -0.39 is 5.91 Å². The number of benzene rings is 1. The van der Waals surface area contributed by atoms with Crippen molar-refractivity contribution in [3.05, 3.63) is 83.5 Å². The normalized spacial score (nSPS) is 10.4. The van der Waals surface area contributed by atoms with E-state index in [9.17, 15) is 4.79 Å². The van der Waals surface area contributed by atoms with E-state index in [2.05, 4.69) is 10.1 Å². The molecule has 0 fully saturated rings. The molecule has 0 radical (unpaired) electrons. The van der Waals surface area contributed by atoms with E-state index in [1.165, 1.54) is 23.4 Å². The van der Waals surface area contributed by atoms with Gasteiger partial charge in [-0.05, 0) is 30.7 Å². The number of ether oxygens (including phenoxy) is 1. The highest BCUT2D eigenvalue weighted by molar-refractivity contribution is 5.98. The Kier molecular flexibility index (Phi) is 7.66. The molecule has 4 rings (SSSR count). The lowest BCUT2D eigenvalue weighted by Crippen LogP contribution is -2.30. The third kappa shape index (κ3) is 5.49. The van der Waals surface area contributed by atoms with Gasteiger partial charge in [-0.1, -0.05) is 25.1 Å². The number of hydrogen-bond donors (Lipinski definition) is 4. The third-order valence-corrected chi connectivity index (χ3v) is 4.51. The van der Waals surface area contributed by atoms with Gasteiger partial charge in [-0.15, -0.1) is 5.10 Å². The number of furan rings is 1. The number of aliphatic hydroxyl groups excluding tert-OH is 1. The minimum absolute atomic E-state index is 0.0108. The van der Waals surface area contributed by atoms with Crippen molar-refractivity contribution in [2.24, 2.45) is 5.73 Å². The number of fused-ring (bicyclic) bond motifs is 1. The van der Waals surface area contributed by atoms with Gasteiger partial charge in [-0.25, -0.2) is 0 Å². The fraction of sp³-hybridized carbons (Fsp3) is 0.174. The van der Waals surface area contributed by atoms with Crippen LogP contribution < -0.4 is 16.0 Å². The molecule has 0 unspecified atom stereocenters. The van der Waals surface area contributed by atoms with Crippen LogP contribution in [0, 0.1) is 10.8 Å². The van der Waals surface area contributed by atoms with E-state index in [-0.39, 0.29) is 23.8 Å². The van der Waals surface area contributed by atoms with Crippen molar-refractivity contribution in [3.8, 4) is 5.88 Å². The number of nitrogens with two attached hydrogens (primary N) is 1. The lowest BCUT2D eigenvalue weighted by Gasteiger charge is -2.13. The van der Waals surface area contributed by atoms with Crippen LogP contribution in [0.15, 0.2) is 65.6 Å². The molecular formula is C23H24N6O4. The molecule has 4 aromatic rings. The number of primary amides is 1. The Labute approximate surface area is 189 Å². The summed E-state index contributed by atoms with van der Waals surface area (Å²) in [4.78, 5) is 15.3. The molecule has 170 valence electrons. The van der Waals surface area contributed by atoms with Crippen molar-refractivity contribution >= 4 is 22.5 Å². The SMILES string of the molecule is CCCO.N=C(c1ccoc1)n1nc(OCc2ccc(C(N)=O)cn2)c2ccccc2c1=N. The summed E-state index contributed by atoms with van der Waals surface area (Å²) in [5.74, 6) is -0.309. The van der Waals surface area contributed by atoms with Crippen LogP contribution in [0.3, 0.4) is 0 Å². The number of amides is 1. The zero-order valence-corrected chi connectivity index (χ0v) is 18.0. The molecule has 10 heteroatoms. The molecule has 5 N–H and O–H groups in total. The molecule has 0 atom stereocenters. The summed E-state index contributed by atoms with van der Waals surface area (Å²) in [6.45, 7) is 2.34. The largest absolute Gasteiger partial charge is 0.472 e. The standard InChI is InChI=1S/C20H16N6O3.C3H8O/c21-17(13-7-8-28-10-13)26-18(22)15-3-1-2-4-16(15)20(25-26)29-11-14-6-5-12(9-24-14)19(23)27;1-2-3-4/h1-10,21-22H,11H2,(H2,23,27);4H,2-3H2,1H3. The van der Waals surface area contributed by atoms with Gasteiger partial charge in [0.1, 0.15) is 12.9 Å². The molecule has 3 aromatic heterocycles. The molecule has 33 heavy (non-hydrogen) atoms. The van der Waals surface area contributed by atoms with E-state index in [4.69, 9.17) is 30.8 Å². The van der Waals surface area contributed by atoms with Gasteiger partial charge in [0.05, 0.1) is 23.1 Å². The predicted molar refractivity (Wildman–Crippen MR) is 121 cm³/mol. The topological polar surface area (TPSA) is 164 Å². The minimum Gasteiger partial charge on any atom is -0.472 e. The molecule has 0 spiro atoms. The smallest absolute Gasteiger partial charge is 0.250 e. The van der Waals surface area contributed by atoms with Crippen LogP contribution in [-0.2, 0) is 6.61 Å². The van der Waals surface area contributed by atoms with E-state index >= 15 is 0 Å². The molecular weight excluding hydrogens is 424 g/mol. The molecule has 0 aliphatic carbocycles. The van der Waals surface area contributed by atoms with Crippen LogP contribution in [0.1, 0.15) is 35.0 Å². The summed E-state index contributed by atoms with van der Waals surface area (Å²) < 4.78 is 12.1. The van der Waals surface area contributed by atoms with Crippen LogP contribution >= 0.6 is 0 Å². The molecule has 1 amide bonds. The molecule has 0 bridgehead atoms. The predicted octanol–water partition coefficient (Wildman–Crippen LogP) is 2.44. The van der Waals surface area contributed by atoms with E-state index in [0.717, 1.165) is 6.42 Å². The third-order valence-electron chi connectivity index (χ3n) is 4.51. The van der Waals surface area contributed by atoms with Crippen molar-refractivity contribution < 1.29 is 19.1 Å². The Morgan fingerprint density at radius 3 is 2.48 bits per heavy atom. The summed E-state index contributed by atoms with van der Waals surface area (Å²) in [6.07, 6.45) is 5.12. The fourth-order valence-corrected chi connectivity index (χ4v) is 2.77. The first kappa shape index (κ1) is 23.4. The Bertz CT molecular complexity index is 1300. The molecule has 0 saturated carbocycles. The highest BCUT2D eigenvalue weighted by atomic mass is 16.5. The van der Waals surface area contributed by atoms with Crippen LogP contribution in [-0.4, -0.2) is 38.2 Å². The van der Waals surface area contributed by atoms with E-state index in [1.807, 2.05) is 13.0 Å². The lowest BCUT2D eigenvalue weighted by molar-refractivity contribution is 0.1000. The van der Waals surface area contributed by atoms with Gasteiger partial charge in [0.2, 0.25) is 11.8 Å². The first-order valence-electron chi connectivity index (χ1n) is 10.1. The Morgan fingerprint density at radius 2 is 1.91 bits per heavy atom. The monoisotopic (exact) mass is 448 g/mol. The van der Waals surface area contributed by atoms with Gasteiger partial charge >= 0.3 is 0 Å². The zero-order valence-electron chi connectivity index (χ0n) is 18.0. The lowest BCUT2D eigenvalue weighted by atomic mass is 10.2. The van der Waals surface area contributed by atoms with Crippen LogP contribution in [0.2, 0.25) is 0 Å². The van der Waals surface area contributed by atoms with Crippen molar-refractivity contribution in [1.29, 1.82) is 10.8 Å². The number of carbonyl (C=O) groups is 1. The number of pyridine rings is 1.